The van der Waals surface area contributed by atoms with E-state index in [0.717, 1.165) is 51.4 Å². The van der Waals surface area contributed by atoms with Crippen LogP contribution in [0.4, 0.5) is 0 Å². The number of allylic oxidation sites excluding steroid dienone is 9. The lowest BCUT2D eigenvalue weighted by atomic mass is 10.0. The topological polar surface area (TPSA) is 119 Å². The molecule has 0 amide bonds. The highest BCUT2D eigenvalue weighted by atomic mass is 31.2. The van der Waals surface area contributed by atoms with Crippen molar-refractivity contribution in [3.05, 3.63) is 61.3 Å². The summed E-state index contributed by atoms with van der Waals surface area (Å²) in [5, 5.41) is 0. The maximum atomic E-state index is 12.4. The Morgan fingerprint density at radius 3 is 1.52 bits per heavy atom. The third-order valence-electron chi connectivity index (χ3n) is 8.16. The first kappa shape index (κ1) is 47.8. The molecule has 50 heavy (non-hydrogen) atoms. The second-order valence-electron chi connectivity index (χ2n) is 13.0. The molecule has 8 nitrogen and oxygen atoms in total. The SMILES string of the molecule is C=CCCCCCCCCCCCCCCCC(=O)O[C@H](COC(=O)CCC/C=C/C/C=C/C/C=C/C/C=C/CCCCC)COP(=O)(O)O. The highest BCUT2D eigenvalue weighted by molar-refractivity contribution is 7.46. The van der Waals surface area contributed by atoms with Gasteiger partial charge in [-0.3, -0.25) is 14.1 Å². The number of carbonyl (C=O) groups is 2. The van der Waals surface area contributed by atoms with Gasteiger partial charge in [-0.1, -0.05) is 145 Å². The van der Waals surface area contributed by atoms with Gasteiger partial charge in [0, 0.05) is 12.8 Å². The standard InChI is InChI=1S/C41H71O8P/c1-3-5-7-9-11-13-15-17-19-20-22-23-25-27-29-31-33-35-40(42)47-37-39(38-48-50(44,45)46)49-41(43)36-34-32-30-28-26-24-21-18-16-14-12-10-8-6-4-2/h4,11,13,17,19,22-23,27,29,39H,2-3,5-10,12,14-16,18,20-21,24-26,28,30-38H2,1H3,(H2,44,45,46)/b13-11+,19-17+,23-22+,29-27+/t39-/m1/s1. The molecule has 0 fully saturated rings. The molecular formula is C41H71O8P. The number of hydrogen-bond donors (Lipinski definition) is 2. The number of rotatable bonds is 36. The Morgan fingerprint density at radius 1 is 0.580 bits per heavy atom. The number of carbonyl (C=O) groups excluding carboxylic acids is 2. The molecule has 9 heteroatoms. The summed E-state index contributed by atoms with van der Waals surface area (Å²) in [6.07, 6.45) is 44.1. The van der Waals surface area contributed by atoms with E-state index in [1.54, 1.807) is 0 Å². The molecule has 0 unspecified atom stereocenters. The molecule has 0 rings (SSSR count). The number of esters is 2. The van der Waals surface area contributed by atoms with E-state index in [2.05, 4.69) is 60.6 Å². The van der Waals surface area contributed by atoms with Gasteiger partial charge in [-0.15, -0.1) is 6.58 Å². The molecule has 0 aromatic rings. The largest absolute Gasteiger partial charge is 0.469 e. The van der Waals surface area contributed by atoms with Crippen LogP contribution in [0.25, 0.3) is 0 Å². The first-order chi connectivity index (χ1) is 24.3. The number of phosphoric ester groups is 1. The fraction of sp³-hybridized carbons (Fsp3) is 0.707. The van der Waals surface area contributed by atoms with Gasteiger partial charge in [0.25, 0.3) is 0 Å². The maximum absolute atomic E-state index is 12.4. The maximum Gasteiger partial charge on any atom is 0.469 e. The third kappa shape index (κ3) is 38.6. The van der Waals surface area contributed by atoms with Crippen molar-refractivity contribution in [2.75, 3.05) is 13.2 Å². The smallest absolute Gasteiger partial charge is 0.462 e. The van der Waals surface area contributed by atoms with Crippen molar-refractivity contribution in [1.29, 1.82) is 0 Å². The Balaban J connectivity index is 4.04. The van der Waals surface area contributed by atoms with E-state index in [4.69, 9.17) is 19.3 Å². The van der Waals surface area contributed by atoms with E-state index < -0.39 is 32.5 Å². The second-order valence-corrected chi connectivity index (χ2v) is 14.2. The molecule has 1 atom stereocenters. The van der Waals surface area contributed by atoms with Crippen molar-refractivity contribution in [2.24, 2.45) is 0 Å². The van der Waals surface area contributed by atoms with Crippen LogP contribution >= 0.6 is 7.82 Å². The highest BCUT2D eigenvalue weighted by Crippen LogP contribution is 2.36. The van der Waals surface area contributed by atoms with Gasteiger partial charge in [-0.2, -0.15) is 0 Å². The highest BCUT2D eigenvalue weighted by Gasteiger charge is 2.22. The second kappa shape index (κ2) is 36.5. The fourth-order valence-electron chi connectivity index (χ4n) is 5.23. The van der Waals surface area contributed by atoms with Crippen molar-refractivity contribution in [3.63, 3.8) is 0 Å². The molecule has 0 saturated carbocycles. The van der Waals surface area contributed by atoms with Crippen LogP contribution in [0.5, 0.6) is 0 Å². The van der Waals surface area contributed by atoms with Crippen LogP contribution < -0.4 is 0 Å². The van der Waals surface area contributed by atoms with Crippen LogP contribution in [-0.2, 0) is 28.2 Å². The Kier molecular flexibility index (Phi) is 34.9. The number of hydrogen-bond acceptors (Lipinski definition) is 6. The fourth-order valence-corrected chi connectivity index (χ4v) is 5.59. The Labute approximate surface area is 305 Å². The number of phosphoric acid groups is 1. The molecule has 0 aromatic carbocycles. The van der Waals surface area contributed by atoms with Crippen LogP contribution in [0.2, 0.25) is 0 Å². The van der Waals surface area contributed by atoms with Gasteiger partial charge in [0.15, 0.2) is 6.10 Å². The van der Waals surface area contributed by atoms with E-state index in [1.165, 1.54) is 83.5 Å². The average Bonchev–Trinajstić information content (AvgIpc) is 3.08. The lowest BCUT2D eigenvalue weighted by molar-refractivity contribution is -0.161. The van der Waals surface area contributed by atoms with Crippen LogP contribution in [0.15, 0.2) is 61.3 Å². The lowest BCUT2D eigenvalue weighted by Crippen LogP contribution is -2.29. The summed E-state index contributed by atoms with van der Waals surface area (Å²) in [7, 11) is -4.77. The monoisotopic (exact) mass is 722 g/mol. The van der Waals surface area contributed by atoms with Crippen molar-refractivity contribution in [2.45, 2.75) is 174 Å². The van der Waals surface area contributed by atoms with Crippen LogP contribution in [0.1, 0.15) is 167 Å². The van der Waals surface area contributed by atoms with Gasteiger partial charge in [-0.05, 0) is 64.2 Å². The Bertz CT molecular complexity index is 981. The summed E-state index contributed by atoms with van der Waals surface area (Å²) < 4.78 is 26.3. The Hall–Kier alpha value is -2.25. The minimum absolute atomic E-state index is 0.189. The van der Waals surface area contributed by atoms with Gasteiger partial charge in [0.05, 0.1) is 6.61 Å². The van der Waals surface area contributed by atoms with Gasteiger partial charge in [0.2, 0.25) is 0 Å². The minimum atomic E-state index is -4.77. The first-order valence-corrected chi connectivity index (χ1v) is 21.1. The van der Waals surface area contributed by atoms with Crippen molar-refractivity contribution < 1.29 is 37.9 Å². The number of unbranched alkanes of at least 4 members (excludes halogenated alkanes) is 17. The molecule has 0 aromatic heterocycles. The van der Waals surface area contributed by atoms with Crippen molar-refractivity contribution in [1.82, 2.24) is 0 Å². The zero-order chi connectivity index (χ0) is 36.8. The lowest BCUT2D eigenvalue weighted by Gasteiger charge is -2.18. The molecule has 0 aliphatic rings. The van der Waals surface area contributed by atoms with E-state index in [0.29, 0.717) is 12.8 Å². The molecule has 2 N–H and O–H groups in total. The first-order valence-electron chi connectivity index (χ1n) is 19.5. The molecule has 0 spiro atoms. The third-order valence-corrected chi connectivity index (χ3v) is 8.64. The van der Waals surface area contributed by atoms with Crippen LogP contribution in [-0.4, -0.2) is 41.0 Å². The summed E-state index contributed by atoms with van der Waals surface area (Å²) in [5.74, 6) is -0.956. The zero-order valence-corrected chi connectivity index (χ0v) is 32.3. The molecule has 0 saturated heterocycles. The van der Waals surface area contributed by atoms with Crippen molar-refractivity contribution >= 4 is 19.8 Å². The predicted molar refractivity (Wildman–Crippen MR) is 207 cm³/mol. The summed E-state index contributed by atoms with van der Waals surface area (Å²) in [4.78, 5) is 42.7. The molecule has 0 bridgehead atoms. The van der Waals surface area contributed by atoms with E-state index in [-0.39, 0.29) is 19.4 Å². The zero-order valence-electron chi connectivity index (χ0n) is 31.4. The van der Waals surface area contributed by atoms with Gasteiger partial charge in [0.1, 0.15) is 6.61 Å². The average molecular weight is 723 g/mol. The quantitative estimate of drug-likeness (QED) is 0.0284. The normalized spacial score (nSPS) is 12.9. The van der Waals surface area contributed by atoms with E-state index in [1.807, 2.05) is 12.2 Å². The molecule has 0 radical (unpaired) electrons. The van der Waals surface area contributed by atoms with Crippen LogP contribution in [0.3, 0.4) is 0 Å². The summed E-state index contributed by atoms with van der Waals surface area (Å²) in [5.41, 5.74) is 0. The van der Waals surface area contributed by atoms with Crippen molar-refractivity contribution in [3.8, 4) is 0 Å². The Morgan fingerprint density at radius 2 is 1.02 bits per heavy atom. The summed E-state index contributed by atoms with van der Waals surface area (Å²) in [6, 6.07) is 0. The van der Waals surface area contributed by atoms with E-state index >= 15 is 0 Å². The van der Waals surface area contributed by atoms with Crippen LogP contribution in [0, 0.1) is 0 Å². The van der Waals surface area contributed by atoms with Gasteiger partial charge in [-0.25, -0.2) is 4.57 Å². The minimum Gasteiger partial charge on any atom is -0.462 e. The van der Waals surface area contributed by atoms with E-state index in [9.17, 15) is 14.2 Å². The molecule has 288 valence electrons. The summed E-state index contributed by atoms with van der Waals surface area (Å²) in [6.45, 7) is 5.11. The summed E-state index contributed by atoms with van der Waals surface area (Å²) >= 11 is 0. The predicted octanol–water partition coefficient (Wildman–Crippen LogP) is 11.7. The molecule has 0 aliphatic heterocycles. The number of ether oxygens (including phenoxy) is 2. The van der Waals surface area contributed by atoms with Gasteiger partial charge < -0.3 is 19.3 Å². The molecular weight excluding hydrogens is 651 g/mol. The molecule has 0 heterocycles. The molecule has 0 aliphatic carbocycles. The van der Waals surface area contributed by atoms with Gasteiger partial charge >= 0.3 is 19.8 Å².